The first-order valence-corrected chi connectivity index (χ1v) is 9.92. The van der Waals surface area contributed by atoms with Crippen LogP contribution in [0.2, 0.25) is 0 Å². The maximum absolute atomic E-state index is 13.5. The highest BCUT2D eigenvalue weighted by Crippen LogP contribution is 2.31. The zero-order chi connectivity index (χ0) is 19.8. The van der Waals surface area contributed by atoms with E-state index in [9.17, 15) is 4.79 Å². The van der Waals surface area contributed by atoms with Gasteiger partial charge in [0.1, 0.15) is 5.69 Å². The van der Waals surface area contributed by atoms with Crippen molar-refractivity contribution in [2.45, 2.75) is 26.8 Å². The van der Waals surface area contributed by atoms with Crippen LogP contribution >= 0.6 is 11.3 Å². The van der Waals surface area contributed by atoms with Crippen molar-refractivity contribution in [3.05, 3.63) is 69.9 Å². The van der Waals surface area contributed by atoms with E-state index in [-0.39, 0.29) is 11.9 Å². The first-order chi connectivity index (χ1) is 13.5. The Bertz CT molecular complexity index is 1150. The fraction of sp³-hybridized carbons (Fsp3) is 0.227. The number of thiazole rings is 1. The van der Waals surface area contributed by atoms with Crippen molar-refractivity contribution in [2.24, 2.45) is 0 Å². The lowest BCUT2D eigenvalue weighted by Gasteiger charge is -2.25. The number of pyridine rings is 1. The summed E-state index contributed by atoms with van der Waals surface area (Å²) in [5.41, 5.74) is 3.01. The minimum atomic E-state index is -0.0716. The van der Waals surface area contributed by atoms with Gasteiger partial charge in [-0.05, 0) is 45.0 Å². The smallest absolute Gasteiger partial charge is 0.254 e. The fourth-order valence-corrected chi connectivity index (χ4v) is 4.40. The number of hydrogen-bond acceptors (Lipinski definition) is 5. The normalized spacial score (nSPS) is 12.3. The first kappa shape index (κ1) is 18.4. The van der Waals surface area contributed by atoms with Gasteiger partial charge in [-0.15, -0.1) is 11.3 Å². The number of fused-ring (bicyclic) bond motifs is 1. The molecule has 0 radical (unpaired) electrons. The van der Waals surface area contributed by atoms with Crippen molar-refractivity contribution in [1.29, 1.82) is 0 Å². The molecule has 28 heavy (non-hydrogen) atoms. The predicted molar refractivity (Wildman–Crippen MR) is 112 cm³/mol. The lowest BCUT2D eigenvalue weighted by atomic mass is 10.0. The minimum absolute atomic E-state index is 0.0515. The molecule has 0 aliphatic carbocycles. The standard InChI is InChI=1S/C22H21N3O2S/c1-13-21(28-15(3)23-13)14(2)25(4)22(26)17-12-19(20-10-7-11-27-20)24-18-9-6-5-8-16(17)18/h5-12,14H,1-4H3. The summed E-state index contributed by atoms with van der Waals surface area (Å²) in [6, 6.07) is 13.1. The van der Waals surface area contributed by atoms with Crippen LogP contribution in [0.5, 0.6) is 0 Å². The van der Waals surface area contributed by atoms with E-state index in [1.165, 1.54) is 0 Å². The highest BCUT2D eigenvalue weighted by Gasteiger charge is 2.24. The molecule has 1 aromatic carbocycles. The zero-order valence-corrected chi connectivity index (χ0v) is 17.1. The molecule has 0 bridgehead atoms. The Morgan fingerprint density at radius 2 is 1.93 bits per heavy atom. The third-order valence-corrected chi connectivity index (χ3v) is 6.18. The summed E-state index contributed by atoms with van der Waals surface area (Å²) >= 11 is 1.64. The average Bonchev–Trinajstić information content (AvgIpc) is 3.35. The third kappa shape index (κ3) is 3.20. The van der Waals surface area contributed by atoms with Gasteiger partial charge in [0.25, 0.3) is 5.91 Å². The molecule has 1 atom stereocenters. The van der Waals surface area contributed by atoms with Gasteiger partial charge < -0.3 is 9.32 Å². The summed E-state index contributed by atoms with van der Waals surface area (Å²) in [5.74, 6) is 0.591. The number of hydrogen-bond donors (Lipinski definition) is 0. The molecular weight excluding hydrogens is 370 g/mol. The van der Waals surface area contributed by atoms with Crippen LogP contribution in [-0.2, 0) is 0 Å². The maximum atomic E-state index is 13.5. The van der Waals surface area contributed by atoms with Crippen LogP contribution in [0.15, 0.2) is 53.1 Å². The summed E-state index contributed by atoms with van der Waals surface area (Å²) in [5, 5.41) is 1.84. The Hall–Kier alpha value is -2.99. The average molecular weight is 391 g/mol. The second-order valence-electron chi connectivity index (χ2n) is 6.82. The molecule has 0 fully saturated rings. The summed E-state index contributed by atoms with van der Waals surface area (Å²) in [6.07, 6.45) is 1.61. The van der Waals surface area contributed by atoms with Crippen molar-refractivity contribution in [3.63, 3.8) is 0 Å². The van der Waals surface area contributed by atoms with Crippen LogP contribution in [0.25, 0.3) is 22.4 Å². The van der Waals surface area contributed by atoms with Crippen molar-refractivity contribution in [2.75, 3.05) is 7.05 Å². The second-order valence-corrected chi connectivity index (χ2v) is 8.06. The fourth-order valence-electron chi connectivity index (χ4n) is 3.38. The number of carbonyl (C=O) groups excluding carboxylic acids is 1. The molecule has 3 heterocycles. The molecule has 6 heteroatoms. The summed E-state index contributed by atoms with van der Waals surface area (Å²) < 4.78 is 5.50. The molecule has 0 saturated carbocycles. The van der Waals surface area contributed by atoms with E-state index in [0.717, 1.165) is 26.5 Å². The van der Waals surface area contributed by atoms with E-state index in [4.69, 9.17) is 4.42 Å². The number of para-hydroxylation sites is 1. The molecule has 5 nitrogen and oxygen atoms in total. The third-order valence-electron chi connectivity index (χ3n) is 4.94. The van der Waals surface area contributed by atoms with Gasteiger partial charge >= 0.3 is 0 Å². The van der Waals surface area contributed by atoms with Gasteiger partial charge in [-0.25, -0.2) is 9.97 Å². The monoisotopic (exact) mass is 391 g/mol. The summed E-state index contributed by atoms with van der Waals surface area (Å²) in [7, 11) is 1.84. The van der Waals surface area contributed by atoms with Crippen molar-refractivity contribution in [3.8, 4) is 11.5 Å². The molecule has 0 spiro atoms. The number of furan rings is 1. The number of rotatable bonds is 4. The van der Waals surface area contributed by atoms with Gasteiger partial charge in [0.05, 0.1) is 34.1 Å². The molecule has 1 amide bonds. The van der Waals surface area contributed by atoms with E-state index in [1.54, 1.807) is 22.5 Å². The quantitative estimate of drug-likeness (QED) is 0.467. The van der Waals surface area contributed by atoms with Crippen LogP contribution in [0.3, 0.4) is 0 Å². The number of aromatic nitrogens is 2. The van der Waals surface area contributed by atoms with Crippen LogP contribution in [0.4, 0.5) is 0 Å². The number of aryl methyl sites for hydroxylation is 2. The number of amides is 1. The molecule has 1 unspecified atom stereocenters. The Kier molecular flexibility index (Phi) is 4.73. The number of carbonyl (C=O) groups is 1. The molecule has 4 aromatic rings. The van der Waals surface area contributed by atoms with Gasteiger partial charge in [-0.1, -0.05) is 18.2 Å². The second kappa shape index (κ2) is 7.20. The van der Waals surface area contributed by atoms with Crippen LogP contribution in [0.1, 0.15) is 38.9 Å². The Labute approximate surface area is 167 Å². The SMILES string of the molecule is Cc1nc(C)c(C(C)N(C)C(=O)c2cc(-c3ccco3)nc3ccccc23)s1. The molecule has 4 rings (SSSR count). The van der Waals surface area contributed by atoms with E-state index in [2.05, 4.69) is 9.97 Å². The van der Waals surface area contributed by atoms with Crippen molar-refractivity contribution >= 4 is 28.1 Å². The topological polar surface area (TPSA) is 59.2 Å². The van der Waals surface area contributed by atoms with Crippen molar-refractivity contribution in [1.82, 2.24) is 14.9 Å². The van der Waals surface area contributed by atoms with E-state index in [1.807, 2.05) is 70.3 Å². The van der Waals surface area contributed by atoms with Gasteiger partial charge in [0, 0.05) is 17.3 Å². The lowest BCUT2D eigenvalue weighted by Crippen LogP contribution is -2.29. The van der Waals surface area contributed by atoms with E-state index < -0.39 is 0 Å². The first-order valence-electron chi connectivity index (χ1n) is 9.10. The molecular formula is C22H21N3O2S. The largest absolute Gasteiger partial charge is 0.463 e. The highest BCUT2D eigenvalue weighted by molar-refractivity contribution is 7.11. The van der Waals surface area contributed by atoms with Crippen LogP contribution < -0.4 is 0 Å². The van der Waals surface area contributed by atoms with E-state index in [0.29, 0.717) is 17.0 Å². The number of benzene rings is 1. The number of nitrogens with zero attached hydrogens (tertiary/aromatic N) is 3. The molecule has 0 saturated heterocycles. The molecule has 0 N–H and O–H groups in total. The lowest BCUT2D eigenvalue weighted by molar-refractivity contribution is 0.0746. The minimum Gasteiger partial charge on any atom is -0.463 e. The Morgan fingerprint density at radius 1 is 1.14 bits per heavy atom. The van der Waals surface area contributed by atoms with E-state index >= 15 is 0 Å². The maximum Gasteiger partial charge on any atom is 0.254 e. The molecule has 0 aliphatic rings. The van der Waals surface area contributed by atoms with Gasteiger partial charge in [-0.3, -0.25) is 4.79 Å². The Balaban J connectivity index is 1.79. The predicted octanol–water partition coefficient (Wildman–Crippen LogP) is 5.40. The van der Waals surface area contributed by atoms with Gasteiger partial charge in [0.2, 0.25) is 0 Å². The van der Waals surface area contributed by atoms with Crippen LogP contribution in [0, 0.1) is 13.8 Å². The molecule has 3 aromatic heterocycles. The van der Waals surface area contributed by atoms with Crippen LogP contribution in [-0.4, -0.2) is 27.8 Å². The van der Waals surface area contributed by atoms with Gasteiger partial charge in [-0.2, -0.15) is 0 Å². The zero-order valence-electron chi connectivity index (χ0n) is 16.3. The highest BCUT2D eigenvalue weighted by atomic mass is 32.1. The molecule has 142 valence electrons. The summed E-state index contributed by atoms with van der Waals surface area (Å²) in [4.78, 5) is 25.5. The molecule has 0 aliphatic heterocycles. The Morgan fingerprint density at radius 3 is 2.61 bits per heavy atom. The summed E-state index contributed by atoms with van der Waals surface area (Å²) in [6.45, 7) is 6.01. The van der Waals surface area contributed by atoms with Crippen molar-refractivity contribution < 1.29 is 9.21 Å². The van der Waals surface area contributed by atoms with Gasteiger partial charge in [0.15, 0.2) is 5.76 Å².